The average molecular weight is 311 g/mol. The van der Waals surface area contributed by atoms with Crippen molar-refractivity contribution in [3.63, 3.8) is 0 Å². The molecule has 5 heteroatoms. The van der Waals surface area contributed by atoms with Crippen molar-refractivity contribution in [1.82, 2.24) is 10.2 Å². The summed E-state index contributed by atoms with van der Waals surface area (Å²) < 4.78 is 5.29. The summed E-state index contributed by atoms with van der Waals surface area (Å²) in [5.41, 5.74) is 3.97. The molecule has 0 aliphatic carbocycles. The van der Waals surface area contributed by atoms with Crippen molar-refractivity contribution in [2.75, 3.05) is 39.4 Å². The van der Waals surface area contributed by atoms with Crippen molar-refractivity contribution in [3.8, 4) is 0 Å². The maximum Gasteiger partial charge on any atom is 0.227 e. The summed E-state index contributed by atoms with van der Waals surface area (Å²) in [6, 6.07) is 6.54. The van der Waals surface area contributed by atoms with Gasteiger partial charge in [0.05, 0.1) is 19.6 Å². The van der Waals surface area contributed by atoms with Gasteiger partial charge in [0.15, 0.2) is 0 Å². The molecule has 0 atom stereocenters. The fourth-order valence-corrected chi connectivity index (χ4v) is 2.94. The van der Waals surface area contributed by atoms with Gasteiger partial charge < -0.3 is 15.0 Å². The van der Waals surface area contributed by atoms with Gasteiger partial charge in [0, 0.05) is 13.1 Å². The molecule has 0 unspecified atom stereocenters. The number of benzene rings is 1. The molecule has 2 aliphatic heterocycles. The number of fused-ring (bicyclic) bond motifs is 1. The molecule has 2 aliphatic rings. The first-order chi connectivity index (χ1) is 9.83. The standard InChI is InChI=1S/C16H22N2O2.ClH/c19-16(18-7-9-20-10-8-18)12-13-1-2-14-3-5-17-6-4-15(14)11-13;/h1-2,11,17H,3-10,12H2;1H. The highest BCUT2D eigenvalue weighted by Crippen LogP contribution is 2.16. The van der Waals surface area contributed by atoms with Gasteiger partial charge in [-0.15, -0.1) is 12.4 Å². The Morgan fingerprint density at radius 3 is 2.62 bits per heavy atom. The first-order valence-electron chi connectivity index (χ1n) is 7.50. The molecule has 0 radical (unpaired) electrons. The van der Waals surface area contributed by atoms with Crippen LogP contribution in [0, 0.1) is 0 Å². The molecule has 1 N–H and O–H groups in total. The van der Waals surface area contributed by atoms with Crippen LogP contribution in [0.3, 0.4) is 0 Å². The quantitative estimate of drug-likeness (QED) is 0.892. The van der Waals surface area contributed by atoms with E-state index in [0.717, 1.165) is 44.6 Å². The Bertz CT molecular complexity index is 487. The van der Waals surface area contributed by atoms with E-state index in [4.69, 9.17) is 4.74 Å². The first-order valence-corrected chi connectivity index (χ1v) is 7.50. The maximum atomic E-state index is 12.3. The summed E-state index contributed by atoms with van der Waals surface area (Å²) in [4.78, 5) is 14.2. The molecule has 0 spiro atoms. The minimum atomic E-state index is 0. The molecule has 1 fully saturated rings. The summed E-state index contributed by atoms with van der Waals surface area (Å²) in [6.07, 6.45) is 2.67. The summed E-state index contributed by atoms with van der Waals surface area (Å²) >= 11 is 0. The Hall–Kier alpha value is -1.10. The van der Waals surface area contributed by atoms with Gasteiger partial charge in [-0.1, -0.05) is 18.2 Å². The molecule has 116 valence electrons. The zero-order chi connectivity index (χ0) is 13.8. The number of hydrogen-bond acceptors (Lipinski definition) is 3. The molecule has 2 heterocycles. The monoisotopic (exact) mass is 310 g/mol. The number of halogens is 1. The molecule has 21 heavy (non-hydrogen) atoms. The zero-order valence-corrected chi connectivity index (χ0v) is 13.1. The number of rotatable bonds is 2. The van der Waals surface area contributed by atoms with E-state index in [1.54, 1.807) is 0 Å². The highest BCUT2D eigenvalue weighted by atomic mass is 35.5. The van der Waals surface area contributed by atoms with Crippen LogP contribution in [0.25, 0.3) is 0 Å². The van der Waals surface area contributed by atoms with Crippen molar-refractivity contribution >= 4 is 18.3 Å². The second-order valence-electron chi connectivity index (χ2n) is 5.52. The fourth-order valence-electron chi connectivity index (χ4n) is 2.94. The van der Waals surface area contributed by atoms with Crippen LogP contribution in [0.15, 0.2) is 18.2 Å². The summed E-state index contributed by atoms with van der Waals surface area (Å²) in [6.45, 7) is 4.89. The first kappa shape index (κ1) is 16.3. The van der Waals surface area contributed by atoms with Crippen LogP contribution in [0.2, 0.25) is 0 Å². The van der Waals surface area contributed by atoms with Gasteiger partial charge in [-0.2, -0.15) is 0 Å². The smallest absolute Gasteiger partial charge is 0.227 e. The highest BCUT2D eigenvalue weighted by Gasteiger charge is 2.17. The Morgan fingerprint density at radius 1 is 1.14 bits per heavy atom. The lowest BCUT2D eigenvalue weighted by Crippen LogP contribution is -2.41. The second-order valence-corrected chi connectivity index (χ2v) is 5.52. The molecular formula is C16H23ClN2O2. The van der Waals surface area contributed by atoms with Gasteiger partial charge >= 0.3 is 0 Å². The number of hydrogen-bond donors (Lipinski definition) is 1. The van der Waals surface area contributed by atoms with Gasteiger partial charge in [0.25, 0.3) is 0 Å². The van der Waals surface area contributed by atoms with E-state index >= 15 is 0 Å². The lowest BCUT2D eigenvalue weighted by Gasteiger charge is -2.27. The lowest BCUT2D eigenvalue weighted by atomic mass is 9.98. The Balaban J connectivity index is 0.00000161. The molecule has 1 aromatic rings. The summed E-state index contributed by atoms with van der Waals surface area (Å²) in [5, 5.41) is 3.42. The molecule has 1 saturated heterocycles. The summed E-state index contributed by atoms with van der Waals surface area (Å²) in [5.74, 6) is 0.222. The zero-order valence-electron chi connectivity index (χ0n) is 12.3. The minimum Gasteiger partial charge on any atom is -0.378 e. The van der Waals surface area contributed by atoms with Crippen LogP contribution in [0.4, 0.5) is 0 Å². The van der Waals surface area contributed by atoms with E-state index in [-0.39, 0.29) is 18.3 Å². The van der Waals surface area contributed by atoms with Gasteiger partial charge in [0.1, 0.15) is 0 Å². The van der Waals surface area contributed by atoms with Crippen molar-refractivity contribution in [1.29, 1.82) is 0 Å². The summed E-state index contributed by atoms with van der Waals surface area (Å²) in [7, 11) is 0. The predicted molar refractivity (Wildman–Crippen MR) is 85.1 cm³/mol. The normalized spacial score (nSPS) is 18.4. The van der Waals surface area contributed by atoms with Crippen molar-refractivity contribution in [2.24, 2.45) is 0 Å². The molecule has 0 saturated carbocycles. The number of morpholine rings is 1. The molecule has 1 aromatic carbocycles. The Morgan fingerprint density at radius 2 is 1.86 bits per heavy atom. The minimum absolute atomic E-state index is 0. The van der Waals surface area contributed by atoms with E-state index in [2.05, 4.69) is 23.5 Å². The third-order valence-electron chi connectivity index (χ3n) is 4.13. The van der Waals surface area contributed by atoms with Gasteiger partial charge in [0.2, 0.25) is 5.91 Å². The molecule has 4 nitrogen and oxygen atoms in total. The number of nitrogens with one attached hydrogen (secondary N) is 1. The van der Waals surface area contributed by atoms with Crippen LogP contribution in [-0.2, 0) is 28.8 Å². The Kier molecular flexibility index (Phi) is 6.03. The SMILES string of the molecule is Cl.O=C(Cc1ccc2c(c1)CCNCC2)N1CCOCC1. The third kappa shape index (κ3) is 4.19. The van der Waals surface area contributed by atoms with E-state index in [1.807, 2.05) is 4.90 Å². The lowest BCUT2D eigenvalue weighted by molar-refractivity contribution is -0.134. The predicted octanol–water partition coefficient (Wildman–Crippen LogP) is 1.20. The largest absolute Gasteiger partial charge is 0.378 e. The third-order valence-corrected chi connectivity index (χ3v) is 4.13. The highest BCUT2D eigenvalue weighted by molar-refractivity contribution is 5.85. The van der Waals surface area contributed by atoms with Crippen LogP contribution in [0.1, 0.15) is 16.7 Å². The van der Waals surface area contributed by atoms with Crippen molar-refractivity contribution in [3.05, 3.63) is 34.9 Å². The molecule has 1 amide bonds. The molecule has 3 rings (SSSR count). The van der Waals surface area contributed by atoms with E-state index in [0.29, 0.717) is 19.6 Å². The maximum absolute atomic E-state index is 12.3. The van der Waals surface area contributed by atoms with E-state index in [1.165, 1.54) is 11.1 Å². The molecule has 0 bridgehead atoms. The Labute approximate surface area is 132 Å². The molecule has 0 aromatic heterocycles. The fraction of sp³-hybridized carbons (Fsp3) is 0.562. The van der Waals surface area contributed by atoms with Gasteiger partial charge in [-0.3, -0.25) is 4.79 Å². The van der Waals surface area contributed by atoms with Crippen molar-refractivity contribution in [2.45, 2.75) is 19.3 Å². The van der Waals surface area contributed by atoms with E-state index < -0.39 is 0 Å². The number of carbonyl (C=O) groups excluding carboxylic acids is 1. The average Bonchev–Trinajstić information content (AvgIpc) is 2.73. The second kappa shape index (κ2) is 7.78. The van der Waals surface area contributed by atoms with Crippen LogP contribution in [0.5, 0.6) is 0 Å². The number of carbonyl (C=O) groups is 1. The van der Waals surface area contributed by atoms with Crippen molar-refractivity contribution < 1.29 is 9.53 Å². The number of ether oxygens (including phenoxy) is 1. The number of amides is 1. The molecular weight excluding hydrogens is 288 g/mol. The van der Waals surface area contributed by atoms with Gasteiger partial charge in [-0.05, 0) is 42.6 Å². The van der Waals surface area contributed by atoms with Crippen LogP contribution < -0.4 is 5.32 Å². The van der Waals surface area contributed by atoms with Gasteiger partial charge in [-0.25, -0.2) is 0 Å². The van der Waals surface area contributed by atoms with Crippen LogP contribution >= 0.6 is 12.4 Å². The van der Waals surface area contributed by atoms with Crippen LogP contribution in [-0.4, -0.2) is 50.2 Å². The topological polar surface area (TPSA) is 41.6 Å². The number of nitrogens with zero attached hydrogens (tertiary/aromatic N) is 1. The van der Waals surface area contributed by atoms with E-state index in [9.17, 15) is 4.79 Å².